The Bertz CT molecular complexity index is 433. The van der Waals surface area contributed by atoms with Crippen molar-refractivity contribution in [2.24, 2.45) is 5.41 Å². The Labute approximate surface area is 114 Å². The van der Waals surface area contributed by atoms with Gasteiger partial charge in [-0.1, -0.05) is 20.8 Å². The minimum absolute atomic E-state index is 0.000713. The highest BCUT2D eigenvalue weighted by atomic mass is 16.5. The Morgan fingerprint density at radius 3 is 1.95 bits per heavy atom. The molecule has 4 heteroatoms. The topological polar surface area (TPSA) is 44.8 Å². The summed E-state index contributed by atoms with van der Waals surface area (Å²) in [5.41, 5.74) is 0.578. The first-order chi connectivity index (χ1) is 8.79. The number of rotatable bonds is 5. The molecule has 0 atom stereocenters. The molecule has 0 aliphatic heterocycles. The first-order valence-corrected chi connectivity index (χ1v) is 6.18. The molecule has 0 aliphatic rings. The van der Waals surface area contributed by atoms with Crippen LogP contribution in [-0.2, 0) is 4.79 Å². The van der Waals surface area contributed by atoms with Crippen LogP contribution in [0.5, 0.6) is 17.2 Å². The van der Waals surface area contributed by atoms with Crippen LogP contribution in [0, 0.1) is 12.3 Å². The second-order valence-electron chi connectivity index (χ2n) is 5.46. The van der Waals surface area contributed by atoms with E-state index < -0.39 is 5.41 Å². The monoisotopic (exact) mass is 266 g/mol. The van der Waals surface area contributed by atoms with Gasteiger partial charge in [0, 0.05) is 5.41 Å². The van der Waals surface area contributed by atoms with Gasteiger partial charge >= 0.3 is 0 Å². The van der Waals surface area contributed by atoms with Crippen LogP contribution in [0.3, 0.4) is 0 Å². The van der Waals surface area contributed by atoms with Crippen LogP contribution in [0.1, 0.15) is 26.3 Å². The van der Waals surface area contributed by atoms with Crippen molar-refractivity contribution in [2.75, 3.05) is 20.8 Å². The van der Waals surface area contributed by atoms with Crippen molar-refractivity contribution in [1.82, 2.24) is 0 Å². The fourth-order valence-electron chi connectivity index (χ4n) is 1.51. The summed E-state index contributed by atoms with van der Waals surface area (Å²) in [7, 11) is 3.12. The third-order valence-corrected chi connectivity index (χ3v) is 2.79. The van der Waals surface area contributed by atoms with Crippen LogP contribution in [0.2, 0.25) is 0 Å². The van der Waals surface area contributed by atoms with Crippen molar-refractivity contribution < 1.29 is 19.0 Å². The molecule has 0 aliphatic carbocycles. The molecule has 0 saturated carbocycles. The van der Waals surface area contributed by atoms with Gasteiger partial charge in [0.2, 0.25) is 5.75 Å². The van der Waals surface area contributed by atoms with E-state index in [4.69, 9.17) is 14.2 Å². The smallest absolute Gasteiger partial charge is 0.203 e. The lowest BCUT2D eigenvalue weighted by Crippen LogP contribution is -2.26. The number of hydrogen-bond donors (Lipinski definition) is 0. The highest BCUT2D eigenvalue weighted by molar-refractivity contribution is 5.85. The molecule has 1 aromatic carbocycles. The molecule has 1 rings (SSSR count). The Balaban J connectivity index is 2.97. The van der Waals surface area contributed by atoms with Crippen molar-refractivity contribution in [3.8, 4) is 17.2 Å². The van der Waals surface area contributed by atoms with Crippen molar-refractivity contribution in [2.45, 2.75) is 27.7 Å². The van der Waals surface area contributed by atoms with E-state index in [1.807, 2.05) is 39.8 Å². The van der Waals surface area contributed by atoms with Crippen molar-refractivity contribution in [3.05, 3.63) is 17.7 Å². The molecule has 4 nitrogen and oxygen atoms in total. The lowest BCUT2D eigenvalue weighted by molar-refractivity contribution is -0.128. The largest absolute Gasteiger partial charge is 0.493 e. The van der Waals surface area contributed by atoms with E-state index in [2.05, 4.69) is 0 Å². The van der Waals surface area contributed by atoms with E-state index in [1.54, 1.807) is 14.2 Å². The van der Waals surface area contributed by atoms with Crippen LogP contribution in [0.15, 0.2) is 12.1 Å². The van der Waals surface area contributed by atoms with E-state index in [1.165, 1.54) is 0 Å². The third-order valence-electron chi connectivity index (χ3n) is 2.79. The Kier molecular flexibility index (Phi) is 4.81. The summed E-state index contributed by atoms with van der Waals surface area (Å²) in [6.45, 7) is 7.53. The van der Waals surface area contributed by atoms with Crippen LogP contribution in [-0.4, -0.2) is 26.6 Å². The standard InChI is InChI=1S/C15H22O4/c1-10-7-11(17-5)14(12(8-10)18-6)19-9-13(16)15(2,3)4/h7-8H,9H2,1-6H3. The number of Topliss-reactive ketones (excluding diaryl/α,β-unsaturated/α-hetero) is 1. The van der Waals surface area contributed by atoms with Crippen LogP contribution in [0.25, 0.3) is 0 Å². The van der Waals surface area contributed by atoms with E-state index in [-0.39, 0.29) is 12.4 Å². The maximum atomic E-state index is 11.9. The highest BCUT2D eigenvalue weighted by Gasteiger charge is 2.23. The maximum absolute atomic E-state index is 11.9. The van der Waals surface area contributed by atoms with Crippen molar-refractivity contribution in [3.63, 3.8) is 0 Å². The quantitative estimate of drug-likeness (QED) is 0.821. The molecule has 0 N–H and O–H groups in total. The van der Waals surface area contributed by atoms with Crippen LogP contribution < -0.4 is 14.2 Å². The van der Waals surface area contributed by atoms with Gasteiger partial charge in [0.1, 0.15) is 6.61 Å². The molecule has 106 valence electrons. The zero-order chi connectivity index (χ0) is 14.6. The van der Waals surface area contributed by atoms with Gasteiger partial charge in [-0.05, 0) is 24.6 Å². The van der Waals surface area contributed by atoms with Crippen molar-refractivity contribution in [1.29, 1.82) is 0 Å². The number of carbonyl (C=O) groups excluding carboxylic acids is 1. The average Bonchev–Trinajstić information content (AvgIpc) is 2.34. The van der Waals surface area contributed by atoms with E-state index in [0.717, 1.165) is 5.56 Å². The summed E-state index contributed by atoms with van der Waals surface area (Å²) in [5, 5.41) is 0. The molecule has 1 aromatic rings. The summed E-state index contributed by atoms with van der Waals surface area (Å²) >= 11 is 0. The van der Waals surface area contributed by atoms with Gasteiger partial charge in [-0.3, -0.25) is 4.79 Å². The summed E-state index contributed by atoms with van der Waals surface area (Å²) in [5.74, 6) is 1.63. The first kappa shape index (κ1) is 15.3. The van der Waals surface area contributed by atoms with Crippen LogP contribution >= 0.6 is 0 Å². The Morgan fingerprint density at radius 2 is 1.58 bits per heavy atom. The summed E-state index contributed by atoms with van der Waals surface area (Å²) < 4.78 is 16.1. The summed E-state index contributed by atoms with van der Waals surface area (Å²) in [4.78, 5) is 11.9. The Morgan fingerprint density at radius 1 is 1.11 bits per heavy atom. The number of ether oxygens (including phenoxy) is 3. The predicted molar refractivity (Wildman–Crippen MR) is 74.2 cm³/mol. The zero-order valence-electron chi connectivity index (χ0n) is 12.5. The fourth-order valence-corrected chi connectivity index (χ4v) is 1.51. The molecular weight excluding hydrogens is 244 g/mol. The molecule has 0 radical (unpaired) electrons. The molecule has 19 heavy (non-hydrogen) atoms. The normalized spacial score (nSPS) is 11.1. The summed E-state index contributed by atoms with van der Waals surface area (Å²) in [6.07, 6.45) is 0. The first-order valence-electron chi connectivity index (χ1n) is 6.18. The second-order valence-corrected chi connectivity index (χ2v) is 5.46. The fraction of sp³-hybridized carbons (Fsp3) is 0.533. The molecule has 0 amide bonds. The SMILES string of the molecule is COc1cc(C)cc(OC)c1OCC(=O)C(C)(C)C. The van der Waals surface area contributed by atoms with Gasteiger partial charge in [0.25, 0.3) is 0 Å². The minimum atomic E-state index is -0.425. The van der Waals surface area contributed by atoms with Crippen LogP contribution in [0.4, 0.5) is 0 Å². The molecular formula is C15H22O4. The number of carbonyl (C=O) groups is 1. The number of ketones is 1. The third kappa shape index (κ3) is 3.88. The minimum Gasteiger partial charge on any atom is -0.493 e. The predicted octanol–water partition coefficient (Wildman–Crippen LogP) is 3.01. The van der Waals surface area contributed by atoms with E-state index >= 15 is 0 Å². The summed E-state index contributed by atoms with van der Waals surface area (Å²) in [6, 6.07) is 3.69. The van der Waals surface area contributed by atoms with Gasteiger partial charge in [0.05, 0.1) is 14.2 Å². The lowest BCUT2D eigenvalue weighted by atomic mass is 9.91. The highest BCUT2D eigenvalue weighted by Crippen LogP contribution is 2.38. The molecule has 0 fully saturated rings. The molecule has 0 saturated heterocycles. The number of aryl methyl sites for hydroxylation is 1. The van der Waals surface area contributed by atoms with Gasteiger partial charge < -0.3 is 14.2 Å². The van der Waals surface area contributed by atoms with Crippen molar-refractivity contribution >= 4 is 5.78 Å². The van der Waals surface area contributed by atoms with E-state index in [9.17, 15) is 4.79 Å². The average molecular weight is 266 g/mol. The van der Waals surface area contributed by atoms with Gasteiger partial charge in [-0.25, -0.2) is 0 Å². The molecule has 0 unspecified atom stereocenters. The lowest BCUT2D eigenvalue weighted by Gasteiger charge is -2.19. The number of benzene rings is 1. The molecule has 0 spiro atoms. The molecule has 0 aromatic heterocycles. The van der Waals surface area contributed by atoms with Gasteiger partial charge in [0.15, 0.2) is 17.3 Å². The Hall–Kier alpha value is -1.71. The second kappa shape index (κ2) is 5.95. The number of methoxy groups -OCH3 is 2. The zero-order valence-corrected chi connectivity index (χ0v) is 12.5. The van der Waals surface area contributed by atoms with E-state index in [0.29, 0.717) is 17.2 Å². The molecule has 0 heterocycles. The van der Waals surface area contributed by atoms with Gasteiger partial charge in [-0.2, -0.15) is 0 Å². The maximum Gasteiger partial charge on any atom is 0.203 e. The van der Waals surface area contributed by atoms with Gasteiger partial charge in [-0.15, -0.1) is 0 Å². The number of hydrogen-bond acceptors (Lipinski definition) is 4. The molecule has 0 bridgehead atoms.